The molecule has 1 aliphatic carbocycles. The molecule has 1 heterocycles. The lowest BCUT2D eigenvalue weighted by Gasteiger charge is -2.32. The van der Waals surface area contributed by atoms with Crippen LogP contribution in [0.4, 0.5) is 5.69 Å². The zero-order valence-electron chi connectivity index (χ0n) is 17.7. The highest BCUT2D eigenvalue weighted by Gasteiger charge is 2.38. The third-order valence-corrected chi connectivity index (χ3v) is 6.23. The van der Waals surface area contributed by atoms with Crippen LogP contribution in [0.1, 0.15) is 57.9 Å². The number of hydrogen-bond donors (Lipinski definition) is 0. The van der Waals surface area contributed by atoms with Crippen LogP contribution in [-0.2, 0) is 25.5 Å². The van der Waals surface area contributed by atoms with Crippen LogP contribution >= 0.6 is 0 Å². The number of aryl methyl sites for hydroxylation is 1. The number of carbonyl (C=O) groups excluding carboxylic acids is 3. The number of hydrogen-bond acceptors (Lipinski definition) is 4. The zero-order chi connectivity index (χ0) is 21.0. The fourth-order valence-corrected chi connectivity index (χ4v) is 4.43. The minimum atomic E-state index is -0.832. The number of likely N-dealkylation sites (N-methyl/N-ethyl adjacent to an activating group) is 1. The number of esters is 1. The standard InChI is InChI=1S/C23H32N2O4/c1-4-17-10-8-9-13-20(17)25-15-18(14-21(25)26)23(28)29-16(2)22(27)24(3)19-11-6-5-7-12-19/h8-10,13,16,18-19H,4-7,11-12,14-15H2,1-3H3. The third-order valence-electron chi connectivity index (χ3n) is 6.23. The van der Waals surface area contributed by atoms with Crippen molar-refractivity contribution in [3.8, 4) is 0 Å². The van der Waals surface area contributed by atoms with Crippen molar-refractivity contribution >= 4 is 23.5 Å². The summed E-state index contributed by atoms with van der Waals surface area (Å²) >= 11 is 0. The topological polar surface area (TPSA) is 66.9 Å². The molecule has 2 amide bonds. The van der Waals surface area contributed by atoms with Gasteiger partial charge in [-0.1, -0.05) is 44.4 Å². The van der Waals surface area contributed by atoms with Crippen molar-refractivity contribution in [3.63, 3.8) is 0 Å². The van der Waals surface area contributed by atoms with Crippen LogP contribution in [0.3, 0.4) is 0 Å². The van der Waals surface area contributed by atoms with Gasteiger partial charge in [0.1, 0.15) is 0 Å². The number of rotatable bonds is 6. The first-order chi connectivity index (χ1) is 13.9. The van der Waals surface area contributed by atoms with E-state index in [2.05, 4.69) is 0 Å². The van der Waals surface area contributed by atoms with E-state index in [0.29, 0.717) is 6.54 Å². The molecule has 2 atom stereocenters. The smallest absolute Gasteiger partial charge is 0.312 e. The van der Waals surface area contributed by atoms with Crippen molar-refractivity contribution in [2.24, 2.45) is 5.92 Å². The van der Waals surface area contributed by atoms with E-state index in [9.17, 15) is 14.4 Å². The van der Waals surface area contributed by atoms with Gasteiger partial charge in [0.05, 0.1) is 5.92 Å². The van der Waals surface area contributed by atoms with Gasteiger partial charge in [0.15, 0.2) is 6.10 Å². The summed E-state index contributed by atoms with van der Waals surface area (Å²) in [5.74, 6) is -1.25. The molecule has 158 valence electrons. The highest BCUT2D eigenvalue weighted by atomic mass is 16.5. The molecular weight excluding hydrogens is 368 g/mol. The van der Waals surface area contributed by atoms with E-state index in [0.717, 1.165) is 43.4 Å². The van der Waals surface area contributed by atoms with Crippen molar-refractivity contribution in [1.29, 1.82) is 0 Å². The fraction of sp³-hybridized carbons (Fsp3) is 0.609. The number of carbonyl (C=O) groups is 3. The van der Waals surface area contributed by atoms with Gasteiger partial charge in [-0.3, -0.25) is 14.4 Å². The Morgan fingerprint density at radius 3 is 2.59 bits per heavy atom. The summed E-state index contributed by atoms with van der Waals surface area (Å²) in [4.78, 5) is 41.3. The number of para-hydroxylation sites is 1. The third kappa shape index (κ3) is 4.80. The minimum Gasteiger partial charge on any atom is -0.452 e. The highest BCUT2D eigenvalue weighted by Crippen LogP contribution is 2.29. The molecule has 1 aliphatic heterocycles. The van der Waals surface area contributed by atoms with Gasteiger partial charge in [-0.2, -0.15) is 0 Å². The van der Waals surface area contributed by atoms with Gasteiger partial charge in [0.25, 0.3) is 5.91 Å². The van der Waals surface area contributed by atoms with Gasteiger partial charge in [0, 0.05) is 31.7 Å². The predicted octanol–water partition coefficient (Wildman–Crippen LogP) is 3.32. The molecule has 1 aromatic carbocycles. The van der Waals surface area contributed by atoms with Gasteiger partial charge >= 0.3 is 5.97 Å². The van der Waals surface area contributed by atoms with E-state index >= 15 is 0 Å². The summed E-state index contributed by atoms with van der Waals surface area (Å²) in [5, 5.41) is 0. The number of amides is 2. The van der Waals surface area contributed by atoms with Crippen LogP contribution in [0.25, 0.3) is 0 Å². The second-order valence-corrected chi connectivity index (χ2v) is 8.21. The molecule has 1 saturated carbocycles. The van der Waals surface area contributed by atoms with Crippen molar-refractivity contribution in [2.75, 3.05) is 18.5 Å². The summed E-state index contributed by atoms with van der Waals surface area (Å²) in [6, 6.07) is 7.98. The highest BCUT2D eigenvalue weighted by molar-refractivity contribution is 6.00. The number of benzene rings is 1. The Hall–Kier alpha value is -2.37. The number of ether oxygens (including phenoxy) is 1. The van der Waals surface area contributed by atoms with Crippen LogP contribution in [0, 0.1) is 5.92 Å². The molecule has 2 aliphatic rings. The molecule has 6 heteroatoms. The zero-order valence-corrected chi connectivity index (χ0v) is 17.7. The Labute approximate surface area is 173 Å². The Kier molecular flexibility index (Phi) is 6.93. The molecule has 0 spiro atoms. The largest absolute Gasteiger partial charge is 0.452 e. The van der Waals surface area contributed by atoms with Crippen molar-refractivity contribution in [3.05, 3.63) is 29.8 Å². The van der Waals surface area contributed by atoms with Crippen molar-refractivity contribution in [2.45, 2.75) is 70.9 Å². The van der Waals surface area contributed by atoms with E-state index in [1.807, 2.05) is 31.2 Å². The molecule has 0 radical (unpaired) electrons. The molecule has 0 bridgehead atoms. The number of anilines is 1. The Balaban J connectivity index is 1.59. The van der Waals surface area contributed by atoms with Gasteiger partial charge in [-0.05, 0) is 37.8 Å². The van der Waals surface area contributed by atoms with Gasteiger partial charge < -0.3 is 14.5 Å². The average Bonchev–Trinajstić information content (AvgIpc) is 3.14. The first-order valence-corrected chi connectivity index (χ1v) is 10.8. The number of nitrogens with zero attached hydrogens (tertiary/aromatic N) is 2. The molecule has 0 N–H and O–H groups in total. The fourth-order valence-electron chi connectivity index (χ4n) is 4.43. The van der Waals surface area contributed by atoms with Crippen LogP contribution in [0.5, 0.6) is 0 Å². The molecule has 0 aromatic heterocycles. The van der Waals surface area contributed by atoms with E-state index in [-0.39, 0.29) is 24.3 Å². The summed E-state index contributed by atoms with van der Waals surface area (Å²) in [5.41, 5.74) is 1.93. The lowest BCUT2D eigenvalue weighted by atomic mass is 9.94. The molecule has 3 rings (SSSR count). The lowest BCUT2D eigenvalue weighted by molar-refractivity contribution is -0.162. The summed E-state index contributed by atoms with van der Waals surface area (Å²) in [6.45, 7) is 3.97. The normalized spacial score (nSPS) is 21.1. The monoisotopic (exact) mass is 400 g/mol. The van der Waals surface area contributed by atoms with Crippen LogP contribution in [0.2, 0.25) is 0 Å². The van der Waals surface area contributed by atoms with Crippen LogP contribution in [-0.4, -0.2) is 48.4 Å². The molecule has 1 saturated heterocycles. The first kappa shape index (κ1) is 21.3. The summed E-state index contributed by atoms with van der Waals surface area (Å²) in [6.07, 6.45) is 5.60. The molecule has 6 nitrogen and oxygen atoms in total. The van der Waals surface area contributed by atoms with Crippen molar-refractivity contribution < 1.29 is 19.1 Å². The quantitative estimate of drug-likeness (QED) is 0.687. The molecule has 1 aromatic rings. The van der Waals surface area contributed by atoms with Crippen LogP contribution < -0.4 is 4.90 Å². The Morgan fingerprint density at radius 1 is 1.21 bits per heavy atom. The second-order valence-electron chi connectivity index (χ2n) is 8.21. The average molecular weight is 401 g/mol. The van der Waals surface area contributed by atoms with E-state index < -0.39 is 18.0 Å². The van der Waals surface area contributed by atoms with E-state index in [1.54, 1.807) is 23.8 Å². The minimum absolute atomic E-state index is 0.0776. The Morgan fingerprint density at radius 2 is 1.90 bits per heavy atom. The SMILES string of the molecule is CCc1ccccc1N1CC(C(=O)OC(C)C(=O)N(C)C2CCCCC2)CC1=O. The Bertz CT molecular complexity index is 757. The molecule has 2 fully saturated rings. The maximum Gasteiger partial charge on any atom is 0.312 e. The lowest BCUT2D eigenvalue weighted by Crippen LogP contribution is -2.44. The van der Waals surface area contributed by atoms with Crippen LogP contribution in [0.15, 0.2) is 24.3 Å². The van der Waals surface area contributed by atoms with Gasteiger partial charge in [-0.15, -0.1) is 0 Å². The predicted molar refractivity (Wildman–Crippen MR) is 111 cm³/mol. The molecular formula is C23H32N2O4. The van der Waals surface area contributed by atoms with E-state index in [4.69, 9.17) is 4.74 Å². The van der Waals surface area contributed by atoms with E-state index in [1.165, 1.54) is 6.42 Å². The maximum absolute atomic E-state index is 12.7. The summed E-state index contributed by atoms with van der Waals surface area (Å²) in [7, 11) is 1.80. The van der Waals surface area contributed by atoms with Crippen molar-refractivity contribution in [1.82, 2.24) is 4.90 Å². The van der Waals surface area contributed by atoms with Gasteiger partial charge in [0.2, 0.25) is 5.91 Å². The first-order valence-electron chi connectivity index (χ1n) is 10.8. The summed E-state index contributed by atoms with van der Waals surface area (Å²) < 4.78 is 5.49. The second kappa shape index (κ2) is 9.42. The van der Waals surface area contributed by atoms with Gasteiger partial charge in [-0.25, -0.2) is 0 Å². The maximum atomic E-state index is 12.7. The molecule has 2 unspecified atom stereocenters. The molecule has 29 heavy (non-hydrogen) atoms.